The first-order chi connectivity index (χ1) is 9.58. The summed E-state index contributed by atoms with van der Waals surface area (Å²) in [6.45, 7) is 4.52. The molecule has 5 heteroatoms. The highest BCUT2D eigenvalue weighted by Crippen LogP contribution is 2.13. The molecule has 1 amide bonds. The third-order valence-electron chi connectivity index (χ3n) is 2.92. The van der Waals surface area contributed by atoms with Crippen LogP contribution in [0.4, 0.5) is 0 Å². The maximum absolute atomic E-state index is 12.0. The minimum absolute atomic E-state index is 0.130. The molecule has 1 aromatic carbocycles. The SMILES string of the molecule is CCCOc1cccc(C(=O)NCC(CC)C(=O)O)c1. The molecule has 0 bridgehead atoms. The first-order valence-electron chi connectivity index (χ1n) is 6.82. The van der Waals surface area contributed by atoms with Crippen molar-refractivity contribution in [1.29, 1.82) is 0 Å². The average molecular weight is 279 g/mol. The molecular formula is C15H21NO4. The molecule has 1 rings (SSSR count). The molecule has 1 aromatic rings. The molecule has 0 spiro atoms. The number of carboxylic acid groups (broad SMARTS) is 1. The van der Waals surface area contributed by atoms with Crippen LogP contribution in [-0.4, -0.2) is 30.1 Å². The molecular weight excluding hydrogens is 258 g/mol. The lowest BCUT2D eigenvalue weighted by Crippen LogP contribution is -2.32. The third-order valence-corrected chi connectivity index (χ3v) is 2.92. The van der Waals surface area contributed by atoms with Crippen LogP contribution in [0.25, 0.3) is 0 Å². The summed E-state index contributed by atoms with van der Waals surface area (Å²) in [5.74, 6) is -1.09. The number of nitrogens with one attached hydrogen (secondary N) is 1. The van der Waals surface area contributed by atoms with Gasteiger partial charge in [-0.05, 0) is 31.0 Å². The number of carbonyl (C=O) groups is 2. The van der Waals surface area contributed by atoms with Crippen molar-refractivity contribution < 1.29 is 19.4 Å². The molecule has 20 heavy (non-hydrogen) atoms. The van der Waals surface area contributed by atoms with E-state index in [0.717, 1.165) is 6.42 Å². The smallest absolute Gasteiger partial charge is 0.308 e. The van der Waals surface area contributed by atoms with Crippen LogP contribution < -0.4 is 10.1 Å². The Morgan fingerprint density at radius 1 is 1.35 bits per heavy atom. The molecule has 2 N–H and O–H groups in total. The van der Waals surface area contributed by atoms with Crippen LogP contribution in [0.1, 0.15) is 37.0 Å². The number of benzene rings is 1. The van der Waals surface area contributed by atoms with Gasteiger partial charge < -0.3 is 15.2 Å². The van der Waals surface area contributed by atoms with Gasteiger partial charge in [-0.1, -0.05) is 19.9 Å². The minimum Gasteiger partial charge on any atom is -0.494 e. The molecule has 0 saturated carbocycles. The first kappa shape index (κ1) is 16.0. The Balaban J connectivity index is 2.60. The van der Waals surface area contributed by atoms with E-state index in [4.69, 9.17) is 9.84 Å². The Kier molecular flexibility index (Phi) is 6.56. The first-order valence-corrected chi connectivity index (χ1v) is 6.82. The zero-order valence-electron chi connectivity index (χ0n) is 11.9. The highest BCUT2D eigenvalue weighted by Gasteiger charge is 2.16. The van der Waals surface area contributed by atoms with Crippen LogP contribution >= 0.6 is 0 Å². The number of carbonyl (C=O) groups excluding carboxylic acids is 1. The lowest BCUT2D eigenvalue weighted by atomic mass is 10.1. The molecule has 110 valence electrons. The number of hydrogen-bond acceptors (Lipinski definition) is 3. The third kappa shape index (κ3) is 4.91. The summed E-state index contributed by atoms with van der Waals surface area (Å²) in [7, 11) is 0. The van der Waals surface area contributed by atoms with Gasteiger partial charge in [-0.25, -0.2) is 0 Å². The predicted octanol–water partition coefficient (Wildman–Crippen LogP) is 2.32. The van der Waals surface area contributed by atoms with Crippen molar-refractivity contribution in [1.82, 2.24) is 5.32 Å². The zero-order chi connectivity index (χ0) is 15.0. The highest BCUT2D eigenvalue weighted by molar-refractivity contribution is 5.94. The molecule has 1 atom stereocenters. The summed E-state index contributed by atoms with van der Waals surface area (Å²) in [6, 6.07) is 6.87. The van der Waals surface area contributed by atoms with Crippen LogP contribution in [-0.2, 0) is 4.79 Å². The highest BCUT2D eigenvalue weighted by atomic mass is 16.5. The molecule has 0 aliphatic carbocycles. The fourth-order valence-corrected chi connectivity index (χ4v) is 1.67. The normalized spacial score (nSPS) is 11.7. The second kappa shape index (κ2) is 8.19. The number of amides is 1. The lowest BCUT2D eigenvalue weighted by Gasteiger charge is -2.11. The number of carboxylic acids is 1. The van der Waals surface area contributed by atoms with Gasteiger partial charge in [0.25, 0.3) is 5.91 Å². The van der Waals surface area contributed by atoms with Crippen LogP contribution in [0.2, 0.25) is 0 Å². The summed E-state index contributed by atoms with van der Waals surface area (Å²) in [6.07, 6.45) is 1.38. The molecule has 0 heterocycles. The minimum atomic E-state index is -0.896. The average Bonchev–Trinajstić information content (AvgIpc) is 2.45. The van der Waals surface area contributed by atoms with Gasteiger partial charge in [0.15, 0.2) is 0 Å². The van der Waals surface area contributed by atoms with Gasteiger partial charge in [0.05, 0.1) is 12.5 Å². The monoisotopic (exact) mass is 279 g/mol. The van der Waals surface area contributed by atoms with Crippen molar-refractivity contribution in [2.45, 2.75) is 26.7 Å². The second-order valence-corrected chi connectivity index (χ2v) is 4.53. The number of aliphatic carboxylic acids is 1. The predicted molar refractivity (Wildman–Crippen MR) is 76.0 cm³/mol. The van der Waals surface area contributed by atoms with E-state index in [2.05, 4.69) is 5.32 Å². The van der Waals surface area contributed by atoms with Gasteiger partial charge in [-0.3, -0.25) is 9.59 Å². The van der Waals surface area contributed by atoms with E-state index < -0.39 is 11.9 Å². The van der Waals surface area contributed by atoms with Crippen molar-refractivity contribution in [3.05, 3.63) is 29.8 Å². The summed E-state index contributed by atoms with van der Waals surface area (Å²) < 4.78 is 5.46. The molecule has 0 aliphatic rings. The standard InChI is InChI=1S/C15H21NO4/c1-3-8-20-13-7-5-6-12(9-13)14(17)16-10-11(4-2)15(18)19/h5-7,9,11H,3-4,8,10H2,1-2H3,(H,16,17)(H,18,19). The van der Waals surface area contributed by atoms with Crippen LogP contribution in [0.5, 0.6) is 5.75 Å². The molecule has 1 unspecified atom stereocenters. The van der Waals surface area contributed by atoms with Gasteiger partial charge in [0, 0.05) is 12.1 Å². The topological polar surface area (TPSA) is 75.6 Å². The molecule has 0 saturated heterocycles. The molecule has 5 nitrogen and oxygen atoms in total. The van der Waals surface area contributed by atoms with Gasteiger partial charge in [-0.2, -0.15) is 0 Å². The van der Waals surface area contributed by atoms with Gasteiger partial charge in [0.1, 0.15) is 5.75 Å². The maximum atomic E-state index is 12.0. The molecule has 0 aromatic heterocycles. The molecule has 0 fully saturated rings. The second-order valence-electron chi connectivity index (χ2n) is 4.53. The summed E-state index contributed by atoms with van der Waals surface area (Å²) in [5, 5.41) is 11.6. The quantitative estimate of drug-likeness (QED) is 0.765. The van der Waals surface area contributed by atoms with Crippen molar-refractivity contribution in [2.75, 3.05) is 13.2 Å². The van der Waals surface area contributed by atoms with Crippen LogP contribution in [0, 0.1) is 5.92 Å². The molecule has 0 aliphatic heterocycles. The largest absolute Gasteiger partial charge is 0.494 e. The Labute approximate surface area is 118 Å². The number of ether oxygens (including phenoxy) is 1. The van der Waals surface area contributed by atoms with E-state index >= 15 is 0 Å². The van der Waals surface area contributed by atoms with E-state index in [9.17, 15) is 9.59 Å². The lowest BCUT2D eigenvalue weighted by molar-refractivity contribution is -0.141. The zero-order valence-corrected chi connectivity index (χ0v) is 11.9. The van der Waals surface area contributed by atoms with Crippen molar-refractivity contribution >= 4 is 11.9 Å². The van der Waals surface area contributed by atoms with Gasteiger partial charge >= 0.3 is 5.97 Å². The summed E-state index contributed by atoms with van der Waals surface area (Å²) in [5.41, 5.74) is 0.471. The van der Waals surface area contributed by atoms with E-state index in [1.54, 1.807) is 31.2 Å². The van der Waals surface area contributed by atoms with Gasteiger partial charge in [0.2, 0.25) is 0 Å². The number of rotatable bonds is 8. The van der Waals surface area contributed by atoms with Crippen molar-refractivity contribution in [3.63, 3.8) is 0 Å². The Morgan fingerprint density at radius 3 is 2.70 bits per heavy atom. The fourth-order valence-electron chi connectivity index (χ4n) is 1.67. The van der Waals surface area contributed by atoms with Crippen LogP contribution in [0.3, 0.4) is 0 Å². The summed E-state index contributed by atoms with van der Waals surface area (Å²) >= 11 is 0. The maximum Gasteiger partial charge on any atom is 0.308 e. The fraction of sp³-hybridized carbons (Fsp3) is 0.467. The van der Waals surface area contributed by atoms with E-state index in [1.807, 2.05) is 6.92 Å². The van der Waals surface area contributed by atoms with E-state index in [-0.39, 0.29) is 12.5 Å². The van der Waals surface area contributed by atoms with E-state index in [0.29, 0.717) is 24.3 Å². The Morgan fingerprint density at radius 2 is 2.10 bits per heavy atom. The summed E-state index contributed by atoms with van der Waals surface area (Å²) in [4.78, 5) is 22.8. The molecule has 0 radical (unpaired) electrons. The van der Waals surface area contributed by atoms with Gasteiger partial charge in [-0.15, -0.1) is 0 Å². The van der Waals surface area contributed by atoms with Crippen LogP contribution in [0.15, 0.2) is 24.3 Å². The van der Waals surface area contributed by atoms with Crippen molar-refractivity contribution in [3.8, 4) is 5.75 Å². The van der Waals surface area contributed by atoms with E-state index in [1.165, 1.54) is 0 Å². The Hall–Kier alpha value is -2.04. The Bertz CT molecular complexity index is 459. The number of hydrogen-bond donors (Lipinski definition) is 2. The van der Waals surface area contributed by atoms with Crippen molar-refractivity contribution in [2.24, 2.45) is 5.92 Å².